The zero-order valence-corrected chi connectivity index (χ0v) is 13.1. The Morgan fingerprint density at radius 1 is 1.24 bits per heavy atom. The van der Waals surface area contributed by atoms with Crippen molar-refractivity contribution >= 4 is 5.69 Å². The number of benzene rings is 1. The minimum absolute atomic E-state index is 0.0229. The van der Waals surface area contributed by atoms with Crippen LogP contribution in [0, 0.1) is 5.82 Å². The zero-order chi connectivity index (χ0) is 15.2. The van der Waals surface area contributed by atoms with E-state index in [1.54, 1.807) is 20.3 Å². The van der Waals surface area contributed by atoms with E-state index in [2.05, 4.69) is 17.1 Å². The fraction of sp³-hybridized carbons (Fsp3) is 0.625. The van der Waals surface area contributed by atoms with Crippen LogP contribution in [0.2, 0.25) is 0 Å². The van der Waals surface area contributed by atoms with Crippen LogP contribution >= 0.6 is 0 Å². The Morgan fingerprint density at radius 2 is 1.90 bits per heavy atom. The Labute approximate surface area is 126 Å². The lowest BCUT2D eigenvalue weighted by Gasteiger charge is -2.22. The molecule has 1 N–H and O–H groups in total. The summed E-state index contributed by atoms with van der Waals surface area (Å²) in [6.07, 6.45) is 1.08. The number of nitrogens with one attached hydrogen (secondary N) is 1. The third-order valence-corrected chi connectivity index (χ3v) is 3.98. The Bertz CT molecular complexity index is 444. The van der Waals surface area contributed by atoms with E-state index in [9.17, 15) is 4.39 Å². The first-order valence-electron chi connectivity index (χ1n) is 7.49. The number of halogens is 1. The van der Waals surface area contributed by atoms with Crippen LogP contribution < -0.4 is 10.2 Å². The molecule has 0 amide bonds. The number of hydrogen-bond acceptors (Lipinski definition) is 4. The number of ether oxygens (including phenoxy) is 2. The number of hydrogen-bond donors (Lipinski definition) is 1. The molecule has 1 aliphatic rings. The monoisotopic (exact) mass is 296 g/mol. The highest BCUT2D eigenvalue weighted by atomic mass is 19.1. The summed E-state index contributed by atoms with van der Waals surface area (Å²) in [5.41, 5.74) is 1.65. The van der Waals surface area contributed by atoms with Crippen LogP contribution in [0.15, 0.2) is 18.2 Å². The summed E-state index contributed by atoms with van der Waals surface area (Å²) in [7, 11) is 3.38. The second-order valence-corrected chi connectivity index (χ2v) is 5.37. The second-order valence-electron chi connectivity index (χ2n) is 5.37. The zero-order valence-electron chi connectivity index (χ0n) is 13.1. The lowest BCUT2D eigenvalue weighted by Crippen LogP contribution is -2.27. The minimum Gasteiger partial charge on any atom is -0.377 e. The number of methoxy groups -OCH3 is 2. The van der Waals surface area contributed by atoms with Gasteiger partial charge in [0.15, 0.2) is 0 Å². The van der Waals surface area contributed by atoms with E-state index < -0.39 is 0 Å². The molecule has 118 valence electrons. The van der Waals surface area contributed by atoms with Crippen LogP contribution in [-0.2, 0) is 16.0 Å². The SMILES string of the molecule is CCCNCc1c(F)cccc1N1CC(OC)C(OC)C1. The summed E-state index contributed by atoms with van der Waals surface area (Å²) in [6.45, 7) is 4.97. The molecule has 1 aromatic rings. The van der Waals surface area contributed by atoms with Crippen LogP contribution in [0.4, 0.5) is 10.1 Å². The molecule has 0 bridgehead atoms. The first-order valence-corrected chi connectivity index (χ1v) is 7.49. The number of rotatable bonds is 7. The van der Waals surface area contributed by atoms with Gasteiger partial charge < -0.3 is 19.7 Å². The lowest BCUT2D eigenvalue weighted by atomic mass is 10.1. The molecule has 1 heterocycles. The van der Waals surface area contributed by atoms with E-state index >= 15 is 0 Å². The molecule has 1 saturated heterocycles. The van der Waals surface area contributed by atoms with Crippen molar-refractivity contribution in [3.63, 3.8) is 0 Å². The molecule has 1 fully saturated rings. The maximum absolute atomic E-state index is 14.2. The average molecular weight is 296 g/mol. The van der Waals surface area contributed by atoms with Crippen LogP contribution in [-0.4, -0.2) is 46.1 Å². The van der Waals surface area contributed by atoms with E-state index in [-0.39, 0.29) is 18.0 Å². The van der Waals surface area contributed by atoms with Crippen molar-refractivity contribution in [1.82, 2.24) is 5.32 Å². The Balaban J connectivity index is 2.17. The van der Waals surface area contributed by atoms with Crippen LogP contribution in [0.25, 0.3) is 0 Å². The van der Waals surface area contributed by atoms with E-state index in [0.29, 0.717) is 6.54 Å². The second kappa shape index (κ2) is 7.73. The third kappa shape index (κ3) is 3.73. The molecular weight excluding hydrogens is 271 g/mol. The van der Waals surface area contributed by atoms with Crippen molar-refractivity contribution in [2.45, 2.75) is 32.1 Å². The molecule has 21 heavy (non-hydrogen) atoms. The van der Waals surface area contributed by atoms with Gasteiger partial charge in [-0.3, -0.25) is 0 Å². The van der Waals surface area contributed by atoms with Crippen molar-refractivity contribution in [2.24, 2.45) is 0 Å². The quantitative estimate of drug-likeness (QED) is 0.782. The highest BCUT2D eigenvalue weighted by Gasteiger charge is 2.34. The van der Waals surface area contributed by atoms with Crippen molar-refractivity contribution < 1.29 is 13.9 Å². The van der Waals surface area contributed by atoms with Crippen molar-refractivity contribution in [1.29, 1.82) is 0 Å². The number of nitrogens with zero attached hydrogens (tertiary/aromatic N) is 1. The molecule has 1 aromatic carbocycles. The molecule has 0 saturated carbocycles. The van der Waals surface area contributed by atoms with Gasteiger partial charge in [-0.25, -0.2) is 4.39 Å². The summed E-state index contributed by atoms with van der Waals surface area (Å²) in [5, 5.41) is 3.28. The summed E-state index contributed by atoms with van der Waals surface area (Å²) in [5.74, 6) is -0.161. The molecule has 2 atom stereocenters. The Hall–Kier alpha value is -1.17. The summed E-state index contributed by atoms with van der Waals surface area (Å²) in [4.78, 5) is 2.15. The van der Waals surface area contributed by atoms with Crippen molar-refractivity contribution in [2.75, 3.05) is 38.8 Å². The molecule has 0 aromatic heterocycles. The van der Waals surface area contributed by atoms with Crippen LogP contribution in [0.3, 0.4) is 0 Å². The summed E-state index contributed by atoms with van der Waals surface area (Å²) < 4.78 is 25.1. The highest BCUT2D eigenvalue weighted by Crippen LogP contribution is 2.28. The van der Waals surface area contributed by atoms with Gasteiger partial charge in [-0.05, 0) is 25.1 Å². The number of anilines is 1. The molecule has 0 aliphatic carbocycles. The summed E-state index contributed by atoms with van der Waals surface area (Å²) >= 11 is 0. The molecule has 4 nitrogen and oxygen atoms in total. The fourth-order valence-electron chi connectivity index (χ4n) is 2.80. The van der Waals surface area contributed by atoms with Gasteiger partial charge in [0.2, 0.25) is 0 Å². The molecule has 1 aliphatic heterocycles. The van der Waals surface area contributed by atoms with Gasteiger partial charge in [-0.1, -0.05) is 13.0 Å². The van der Waals surface area contributed by atoms with Crippen LogP contribution in [0.5, 0.6) is 0 Å². The molecule has 0 radical (unpaired) electrons. The smallest absolute Gasteiger partial charge is 0.129 e. The van der Waals surface area contributed by atoms with Crippen molar-refractivity contribution in [3.05, 3.63) is 29.6 Å². The van der Waals surface area contributed by atoms with E-state index in [0.717, 1.165) is 37.3 Å². The first-order chi connectivity index (χ1) is 10.2. The molecule has 2 unspecified atom stereocenters. The Morgan fingerprint density at radius 3 is 2.48 bits per heavy atom. The van der Waals surface area contributed by atoms with Gasteiger partial charge in [-0.2, -0.15) is 0 Å². The maximum Gasteiger partial charge on any atom is 0.129 e. The molecule has 2 rings (SSSR count). The summed E-state index contributed by atoms with van der Waals surface area (Å²) in [6, 6.07) is 5.25. The largest absolute Gasteiger partial charge is 0.377 e. The van der Waals surface area contributed by atoms with Crippen molar-refractivity contribution in [3.8, 4) is 0 Å². The molecule has 0 spiro atoms. The lowest BCUT2D eigenvalue weighted by molar-refractivity contribution is -0.00461. The van der Waals surface area contributed by atoms with E-state index in [1.165, 1.54) is 6.07 Å². The molecule has 5 heteroatoms. The van der Waals surface area contributed by atoms with E-state index in [1.807, 2.05) is 6.07 Å². The first kappa shape index (κ1) is 16.2. The van der Waals surface area contributed by atoms with Gasteiger partial charge in [0, 0.05) is 45.1 Å². The maximum atomic E-state index is 14.2. The fourth-order valence-corrected chi connectivity index (χ4v) is 2.80. The predicted octanol–water partition coefficient (Wildman–Crippen LogP) is 2.18. The van der Waals surface area contributed by atoms with Gasteiger partial charge in [0.1, 0.15) is 18.0 Å². The Kier molecular flexibility index (Phi) is 5.96. The predicted molar refractivity (Wildman–Crippen MR) is 82.2 cm³/mol. The third-order valence-electron chi connectivity index (χ3n) is 3.98. The average Bonchev–Trinajstić information content (AvgIpc) is 2.92. The normalized spacial score (nSPS) is 22.0. The topological polar surface area (TPSA) is 33.7 Å². The van der Waals surface area contributed by atoms with Gasteiger partial charge in [-0.15, -0.1) is 0 Å². The van der Waals surface area contributed by atoms with E-state index in [4.69, 9.17) is 9.47 Å². The van der Waals surface area contributed by atoms with Gasteiger partial charge >= 0.3 is 0 Å². The van der Waals surface area contributed by atoms with Gasteiger partial charge in [0.05, 0.1) is 0 Å². The minimum atomic E-state index is -0.161. The van der Waals surface area contributed by atoms with Crippen LogP contribution in [0.1, 0.15) is 18.9 Å². The standard InChI is InChI=1S/C16H25FN2O2/c1-4-8-18-9-12-13(17)6-5-7-14(12)19-10-15(20-2)16(11-19)21-3/h5-7,15-16,18H,4,8-11H2,1-3H3. The highest BCUT2D eigenvalue weighted by molar-refractivity contribution is 5.55. The van der Waals surface area contributed by atoms with Gasteiger partial charge in [0.25, 0.3) is 0 Å². The molecular formula is C16H25FN2O2.